The second-order valence-electron chi connectivity index (χ2n) is 3.87. The first-order valence-corrected chi connectivity index (χ1v) is 7.81. The number of nitrogen functional groups attached to an aromatic ring is 1. The van der Waals surface area contributed by atoms with Crippen LogP contribution in [0.3, 0.4) is 0 Å². The maximum absolute atomic E-state index is 13.6. The third-order valence-corrected chi connectivity index (χ3v) is 5.73. The Balaban J connectivity index is 2.36. The molecular weight excluding hydrogens is 311 g/mol. The van der Waals surface area contributed by atoms with Crippen LogP contribution in [0.5, 0.6) is 0 Å². The number of benzene rings is 1. The largest absolute Gasteiger partial charge is 0.399 e. The summed E-state index contributed by atoms with van der Waals surface area (Å²) in [5.74, 6) is -0.733. The molecule has 0 aliphatic heterocycles. The lowest BCUT2D eigenvalue weighted by atomic mass is 10.3. The molecule has 0 radical (unpaired) electrons. The molecule has 102 valence electrons. The SMILES string of the molecule is Cc1cc(S(=O)(=O)Nc2ccc(N)cc2F)sc1Cl. The van der Waals surface area contributed by atoms with Gasteiger partial charge in [-0.2, -0.15) is 0 Å². The molecule has 0 amide bonds. The van der Waals surface area contributed by atoms with Crippen LogP contribution in [0.1, 0.15) is 5.56 Å². The number of thiophene rings is 1. The average Bonchev–Trinajstić information content (AvgIpc) is 2.64. The fourth-order valence-electron chi connectivity index (χ4n) is 1.37. The molecule has 0 unspecified atom stereocenters. The third-order valence-electron chi connectivity index (χ3n) is 2.34. The number of nitrogens with two attached hydrogens (primary N) is 1. The van der Waals surface area contributed by atoms with Crippen LogP contribution >= 0.6 is 22.9 Å². The number of rotatable bonds is 3. The molecular formula is C11H10ClFN2O2S2. The quantitative estimate of drug-likeness (QED) is 0.853. The predicted octanol–water partition coefficient (Wildman–Crippen LogP) is 3.23. The zero-order valence-corrected chi connectivity index (χ0v) is 12.2. The monoisotopic (exact) mass is 320 g/mol. The van der Waals surface area contributed by atoms with Crippen LogP contribution in [0.25, 0.3) is 0 Å². The minimum atomic E-state index is -3.85. The number of sulfonamides is 1. The van der Waals surface area contributed by atoms with Gasteiger partial charge in [0.05, 0.1) is 10.0 Å². The zero-order valence-electron chi connectivity index (χ0n) is 9.78. The van der Waals surface area contributed by atoms with Gasteiger partial charge < -0.3 is 5.73 Å². The number of aryl methyl sites for hydroxylation is 1. The lowest BCUT2D eigenvalue weighted by Gasteiger charge is -2.07. The number of hydrogen-bond donors (Lipinski definition) is 2. The highest BCUT2D eigenvalue weighted by Gasteiger charge is 2.20. The zero-order chi connectivity index (χ0) is 14.2. The van der Waals surface area contributed by atoms with Gasteiger partial charge in [0, 0.05) is 5.69 Å². The summed E-state index contributed by atoms with van der Waals surface area (Å²) in [5.41, 5.74) is 6.11. The molecule has 0 spiro atoms. The Hall–Kier alpha value is -1.31. The first kappa shape index (κ1) is 14.1. The van der Waals surface area contributed by atoms with Gasteiger partial charge in [-0.3, -0.25) is 4.72 Å². The highest BCUT2D eigenvalue weighted by Crippen LogP contribution is 2.31. The molecule has 0 aliphatic carbocycles. The van der Waals surface area contributed by atoms with E-state index in [1.807, 2.05) is 0 Å². The van der Waals surface area contributed by atoms with Gasteiger partial charge in [-0.1, -0.05) is 11.6 Å². The standard InChI is InChI=1S/C11H10ClFN2O2S2/c1-6-4-10(18-11(6)12)19(16,17)15-9-3-2-7(14)5-8(9)13/h2-5,15H,14H2,1H3. The van der Waals surface area contributed by atoms with E-state index in [-0.39, 0.29) is 15.6 Å². The van der Waals surface area contributed by atoms with E-state index >= 15 is 0 Å². The Morgan fingerprint density at radius 2 is 2.05 bits per heavy atom. The minimum absolute atomic E-state index is 0.0335. The molecule has 0 atom stereocenters. The summed E-state index contributed by atoms with van der Waals surface area (Å²) >= 11 is 6.74. The lowest BCUT2D eigenvalue weighted by molar-refractivity contribution is 0.600. The van der Waals surface area contributed by atoms with Gasteiger partial charge >= 0.3 is 0 Å². The molecule has 2 rings (SSSR count). The Kier molecular flexibility index (Phi) is 3.71. The first-order chi connectivity index (χ1) is 8.79. The number of hydrogen-bond acceptors (Lipinski definition) is 4. The minimum Gasteiger partial charge on any atom is -0.399 e. The van der Waals surface area contributed by atoms with E-state index in [9.17, 15) is 12.8 Å². The topological polar surface area (TPSA) is 72.2 Å². The van der Waals surface area contributed by atoms with Crippen molar-refractivity contribution in [1.82, 2.24) is 0 Å². The summed E-state index contributed by atoms with van der Waals surface area (Å²) in [5, 5.41) is 0. The van der Waals surface area contributed by atoms with Crippen molar-refractivity contribution < 1.29 is 12.8 Å². The Bertz CT molecular complexity index is 709. The van der Waals surface area contributed by atoms with Gasteiger partial charge in [0.2, 0.25) is 0 Å². The molecule has 1 heterocycles. The van der Waals surface area contributed by atoms with E-state index in [2.05, 4.69) is 4.72 Å². The molecule has 0 fully saturated rings. The summed E-state index contributed by atoms with van der Waals surface area (Å²) in [4.78, 5) is 0. The summed E-state index contributed by atoms with van der Waals surface area (Å²) in [6.45, 7) is 1.70. The Morgan fingerprint density at radius 3 is 2.58 bits per heavy atom. The molecule has 19 heavy (non-hydrogen) atoms. The van der Waals surface area contributed by atoms with E-state index in [4.69, 9.17) is 17.3 Å². The van der Waals surface area contributed by atoms with Gasteiger partial charge in [0.25, 0.3) is 10.0 Å². The lowest BCUT2D eigenvalue weighted by Crippen LogP contribution is -2.12. The maximum atomic E-state index is 13.6. The van der Waals surface area contributed by atoms with Gasteiger partial charge in [-0.25, -0.2) is 12.8 Å². The molecule has 0 bridgehead atoms. The fraction of sp³-hybridized carbons (Fsp3) is 0.0909. The Morgan fingerprint density at radius 1 is 1.37 bits per heavy atom. The van der Waals surface area contributed by atoms with Crippen LogP contribution in [-0.2, 0) is 10.0 Å². The van der Waals surface area contributed by atoms with Crippen molar-refractivity contribution in [1.29, 1.82) is 0 Å². The average molecular weight is 321 g/mol. The molecule has 8 heteroatoms. The van der Waals surface area contributed by atoms with Crippen molar-refractivity contribution in [2.24, 2.45) is 0 Å². The first-order valence-electron chi connectivity index (χ1n) is 5.13. The molecule has 1 aromatic carbocycles. The second kappa shape index (κ2) is 4.99. The van der Waals surface area contributed by atoms with Gasteiger partial charge in [-0.15, -0.1) is 11.3 Å². The van der Waals surface area contributed by atoms with Crippen LogP contribution < -0.4 is 10.5 Å². The maximum Gasteiger partial charge on any atom is 0.271 e. The molecule has 0 saturated heterocycles. The normalized spacial score (nSPS) is 11.5. The molecule has 2 aromatic rings. The molecule has 3 N–H and O–H groups in total. The highest BCUT2D eigenvalue weighted by molar-refractivity contribution is 7.94. The Labute approximate surface area is 119 Å². The van der Waals surface area contributed by atoms with Crippen molar-refractivity contribution in [2.75, 3.05) is 10.5 Å². The van der Waals surface area contributed by atoms with Crippen LogP contribution in [0.2, 0.25) is 4.34 Å². The predicted molar refractivity (Wildman–Crippen MR) is 75.7 cm³/mol. The van der Waals surface area contributed by atoms with Gasteiger partial charge in [0.1, 0.15) is 10.0 Å². The number of anilines is 2. The summed E-state index contributed by atoms with van der Waals surface area (Å²) in [6.07, 6.45) is 0. The molecule has 0 aliphatic rings. The van der Waals surface area contributed by atoms with E-state index in [1.165, 1.54) is 18.2 Å². The summed E-state index contributed by atoms with van der Waals surface area (Å²) in [6, 6.07) is 5.16. The smallest absolute Gasteiger partial charge is 0.271 e. The molecule has 0 saturated carbocycles. The van der Waals surface area contributed by atoms with Crippen molar-refractivity contribution in [3.05, 3.63) is 40.0 Å². The summed E-state index contributed by atoms with van der Waals surface area (Å²) < 4.78 is 40.2. The molecule has 4 nitrogen and oxygen atoms in total. The van der Waals surface area contributed by atoms with Crippen molar-refractivity contribution in [3.63, 3.8) is 0 Å². The van der Waals surface area contributed by atoms with E-state index in [1.54, 1.807) is 6.92 Å². The van der Waals surface area contributed by atoms with Crippen LogP contribution in [0.15, 0.2) is 28.5 Å². The van der Waals surface area contributed by atoms with Gasteiger partial charge in [0.15, 0.2) is 0 Å². The number of halogens is 2. The van der Waals surface area contributed by atoms with Crippen LogP contribution in [0, 0.1) is 12.7 Å². The van der Waals surface area contributed by atoms with Crippen LogP contribution in [-0.4, -0.2) is 8.42 Å². The fourth-order valence-corrected chi connectivity index (χ4v) is 4.15. The second-order valence-corrected chi connectivity index (χ2v) is 7.43. The van der Waals surface area contributed by atoms with Crippen molar-refractivity contribution >= 4 is 44.3 Å². The van der Waals surface area contributed by atoms with Crippen LogP contribution in [0.4, 0.5) is 15.8 Å². The highest BCUT2D eigenvalue weighted by atomic mass is 35.5. The van der Waals surface area contributed by atoms with Crippen molar-refractivity contribution in [2.45, 2.75) is 11.1 Å². The molecule has 1 aromatic heterocycles. The summed E-state index contributed by atoms with van der Waals surface area (Å²) in [7, 11) is -3.85. The number of nitrogens with one attached hydrogen (secondary N) is 1. The third kappa shape index (κ3) is 2.99. The van der Waals surface area contributed by atoms with Gasteiger partial charge in [-0.05, 0) is 36.8 Å². The van der Waals surface area contributed by atoms with Crippen molar-refractivity contribution in [3.8, 4) is 0 Å². The van der Waals surface area contributed by atoms with E-state index in [0.29, 0.717) is 9.90 Å². The van der Waals surface area contributed by atoms with E-state index < -0.39 is 15.8 Å². The van der Waals surface area contributed by atoms with E-state index in [0.717, 1.165) is 17.4 Å².